The van der Waals surface area contributed by atoms with Crippen molar-refractivity contribution < 1.29 is 31.5 Å². The summed E-state index contributed by atoms with van der Waals surface area (Å²) in [5, 5.41) is 10.7. The molecule has 0 spiro atoms. The first-order valence-electron chi connectivity index (χ1n) is 10.2. The van der Waals surface area contributed by atoms with Crippen LogP contribution in [0.15, 0.2) is 78.0 Å². The summed E-state index contributed by atoms with van der Waals surface area (Å²) in [7, 11) is -4.31. The molecule has 0 aliphatic rings. The van der Waals surface area contributed by atoms with Crippen molar-refractivity contribution in [3.8, 4) is 0 Å². The summed E-state index contributed by atoms with van der Waals surface area (Å²) in [4.78, 5) is 19.1. The number of carboxylic acids is 1. The lowest BCUT2D eigenvalue weighted by Crippen LogP contribution is -2.32. The number of sulfonamides is 1. The molecule has 0 atom stereocenters. The van der Waals surface area contributed by atoms with Crippen molar-refractivity contribution in [2.45, 2.75) is 24.5 Å². The van der Waals surface area contributed by atoms with Crippen molar-refractivity contribution in [2.75, 3.05) is 4.31 Å². The van der Waals surface area contributed by atoms with E-state index in [-0.39, 0.29) is 22.0 Å². The number of aryl methyl sites for hydroxylation is 1. The number of alkyl halides is 3. The van der Waals surface area contributed by atoms with Gasteiger partial charge in [-0.3, -0.25) is 4.98 Å². The Balaban J connectivity index is 1.83. The molecule has 7 nitrogen and oxygen atoms in total. The fraction of sp³-hybridized carbons (Fsp3) is 0.125. The fourth-order valence-corrected chi connectivity index (χ4v) is 5.00. The number of aromatic nitrogens is 2. The highest BCUT2D eigenvalue weighted by molar-refractivity contribution is 7.92. The van der Waals surface area contributed by atoms with Crippen molar-refractivity contribution in [2.24, 2.45) is 0 Å². The molecule has 0 aliphatic heterocycles. The molecule has 0 saturated heterocycles. The van der Waals surface area contributed by atoms with Gasteiger partial charge in [0.25, 0.3) is 10.0 Å². The minimum absolute atomic E-state index is 0.0677. The Morgan fingerprint density at radius 2 is 1.66 bits per heavy atom. The number of hydrogen-bond donors (Lipinski definition) is 1. The predicted octanol–water partition coefficient (Wildman–Crippen LogP) is 5.05. The van der Waals surface area contributed by atoms with Crippen LogP contribution in [0.1, 0.15) is 27.2 Å². The summed E-state index contributed by atoms with van der Waals surface area (Å²) >= 11 is 0. The van der Waals surface area contributed by atoms with Gasteiger partial charge in [-0.2, -0.15) is 13.2 Å². The van der Waals surface area contributed by atoms with Gasteiger partial charge in [0, 0.05) is 23.3 Å². The zero-order valence-electron chi connectivity index (χ0n) is 18.2. The number of halogens is 3. The number of fused-ring (bicyclic) bond motifs is 1. The van der Waals surface area contributed by atoms with E-state index in [0.29, 0.717) is 11.8 Å². The standard InChI is InChI=1S/C24H18F3N3O4S/c1-15-21-5-3-2-4-17(21)12-29-22(15)30(14-19-9-8-18(13-28-19)24(25,26)27)35(33,34)20-10-6-16(7-11-20)23(31)32/h2-13H,14H2,1H3,(H,31,32). The molecule has 2 aromatic heterocycles. The van der Waals surface area contributed by atoms with Gasteiger partial charge in [-0.1, -0.05) is 24.3 Å². The average Bonchev–Trinajstić information content (AvgIpc) is 2.83. The van der Waals surface area contributed by atoms with Crippen LogP contribution in [0.4, 0.5) is 19.0 Å². The minimum Gasteiger partial charge on any atom is -0.478 e. The van der Waals surface area contributed by atoms with Crippen LogP contribution in [0.2, 0.25) is 0 Å². The molecule has 1 N–H and O–H groups in total. The van der Waals surface area contributed by atoms with E-state index in [1.807, 2.05) is 12.1 Å². The molecule has 0 radical (unpaired) electrons. The van der Waals surface area contributed by atoms with E-state index >= 15 is 0 Å². The summed E-state index contributed by atoms with van der Waals surface area (Å²) in [5.41, 5.74) is -0.446. The number of hydrogen-bond acceptors (Lipinski definition) is 5. The molecule has 0 saturated carbocycles. The van der Waals surface area contributed by atoms with Crippen LogP contribution in [0, 0.1) is 6.92 Å². The smallest absolute Gasteiger partial charge is 0.417 e. The number of rotatable bonds is 6. The number of benzene rings is 2. The van der Waals surface area contributed by atoms with Gasteiger partial charge in [0.15, 0.2) is 0 Å². The van der Waals surface area contributed by atoms with Crippen LogP contribution in [0.5, 0.6) is 0 Å². The summed E-state index contributed by atoms with van der Waals surface area (Å²) in [5.74, 6) is -1.14. The quantitative estimate of drug-likeness (QED) is 0.397. The zero-order valence-corrected chi connectivity index (χ0v) is 19.0. The molecule has 0 fully saturated rings. The van der Waals surface area contributed by atoms with Crippen molar-refractivity contribution >= 4 is 32.6 Å². The van der Waals surface area contributed by atoms with Gasteiger partial charge in [-0.25, -0.2) is 22.5 Å². The normalized spacial score (nSPS) is 12.0. The summed E-state index contributed by atoms with van der Waals surface area (Å²) in [6.45, 7) is 1.30. The molecule has 2 aromatic carbocycles. The largest absolute Gasteiger partial charge is 0.478 e. The van der Waals surface area contributed by atoms with Crippen molar-refractivity contribution in [1.82, 2.24) is 9.97 Å². The van der Waals surface area contributed by atoms with Gasteiger partial charge in [-0.15, -0.1) is 0 Å². The SMILES string of the molecule is Cc1c(N(Cc2ccc(C(F)(F)F)cn2)S(=O)(=O)c2ccc(C(=O)O)cc2)ncc2ccccc12. The first-order chi connectivity index (χ1) is 16.5. The highest BCUT2D eigenvalue weighted by Crippen LogP contribution is 2.32. The zero-order chi connectivity index (χ0) is 25.4. The number of anilines is 1. The first-order valence-corrected chi connectivity index (χ1v) is 11.6. The first kappa shape index (κ1) is 24.1. The van der Waals surface area contributed by atoms with Gasteiger partial charge in [-0.05, 0) is 48.7 Å². The van der Waals surface area contributed by atoms with Crippen LogP contribution in [-0.4, -0.2) is 29.5 Å². The highest BCUT2D eigenvalue weighted by atomic mass is 32.2. The topological polar surface area (TPSA) is 100 Å². The molecule has 0 bridgehead atoms. The maximum atomic E-state index is 13.7. The Bertz CT molecular complexity index is 1500. The second kappa shape index (κ2) is 8.99. The molecule has 180 valence electrons. The number of nitrogens with zero attached hydrogens (tertiary/aromatic N) is 3. The van der Waals surface area contributed by atoms with Gasteiger partial charge < -0.3 is 5.11 Å². The summed E-state index contributed by atoms with van der Waals surface area (Å²) in [6, 6.07) is 13.8. The molecular weight excluding hydrogens is 483 g/mol. The number of pyridine rings is 2. The molecule has 4 aromatic rings. The van der Waals surface area contributed by atoms with Crippen LogP contribution >= 0.6 is 0 Å². The lowest BCUT2D eigenvalue weighted by Gasteiger charge is -2.25. The monoisotopic (exact) mass is 501 g/mol. The second-order valence-electron chi connectivity index (χ2n) is 7.67. The van der Waals surface area contributed by atoms with E-state index in [2.05, 4.69) is 9.97 Å². The Morgan fingerprint density at radius 3 is 2.26 bits per heavy atom. The van der Waals surface area contributed by atoms with E-state index in [1.165, 1.54) is 6.20 Å². The number of carbonyl (C=O) groups is 1. The number of aromatic carboxylic acids is 1. The Labute approximate surface area is 198 Å². The van der Waals surface area contributed by atoms with Gasteiger partial charge in [0.05, 0.1) is 28.3 Å². The van der Waals surface area contributed by atoms with Crippen LogP contribution in [0.3, 0.4) is 0 Å². The molecule has 35 heavy (non-hydrogen) atoms. The summed E-state index contributed by atoms with van der Waals surface area (Å²) in [6.07, 6.45) is -2.43. The third kappa shape index (κ3) is 4.80. The van der Waals surface area contributed by atoms with Gasteiger partial charge >= 0.3 is 12.1 Å². The molecule has 0 amide bonds. The third-order valence-corrected chi connectivity index (χ3v) is 7.16. The van der Waals surface area contributed by atoms with Crippen molar-refractivity contribution in [3.63, 3.8) is 0 Å². The van der Waals surface area contributed by atoms with E-state index in [4.69, 9.17) is 5.11 Å². The Hall–Kier alpha value is -3.99. The fourth-order valence-electron chi connectivity index (χ4n) is 3.55. The molecular formula is C24H18F3N3O4S. The van der Waals surface area contributed by atoms with Crippen molar-refractivity contribution in [3.05, 3.63) is 95.4 Å². The maximum absolute atomic E-state index is 13.7. The van der Waals surface area contributed by atoms with E-state index in [0.717, 1.165) is 51.5 Å². The summed E-state index contributed by atoms with van der Waals surface area (Å²) < 4.78 is 67.1. The molecule has 4 rings (SSSR count). The van der Waals surface area contributed by atoms with Crippen LogP contribution in [0.25, 0.3) is 10.8 Å². The Morgan fingerprint density at radius 1 is 0.971 bits per heavy atom. The second-order valence-corrected chi connectivity index (χ2v) is 9.53. The molecule has 11 heteroatoms. The Kier molecular flexibility index (Phi) is 6.20. The third-order valence-electron chi connectivity index (χ3n) is 5.41. The van der Waals surface area contributed by atoms with E-state index in [9.17, 15) is 26.4 Å². The van der Waals surface area contributed by atoms with E-state index < -0.39 is 34.3 Å². The van der Waals surface area contributed by atoms with Gasteiger partial charge in [0.1, 0.15) is 5.82 Å². The lowest BCUT2D eigenvalue weighted by molar-refractivity contribution is -0.137. The predicted molar refractivity (Wildman–Crippen MR) is 122 cm³/mol. The molecule has 2 heterocycles. The van der Waals surface area contributed by atoms with Crippen LogP contribution in [-0.2, 0) is 22.7 Å². The maximum Gasteiger partial charge on any atom is 0.417 e. The van der Waals surface area contributed by atoms with Crippen LogP contribution < -0.4 is 4.31 Å². The average molecular weight is 501 g/mol. The van der Waals surface area contributed by atoms with Crippen molar-refractivity contribution in [1.29, 1.82) is 0 Å². The van der Waals surface area contributed by atoms with Gasteiger partial charge in [0.2, 0.25) is 0 Å². The minimum atomic E-state index is -4.58. The lowest BCUT2D eigenvalue weighted by atomic mass is 10.1. The molecule has 0 aliphatic carbocycles. The molecule has 0 unspecified atom stereocenters. The number of carboxylic acid groups (broad SMARTS) is 1. The van der Waals surface area contributed by atoms with E-state index in [1.54, 1.807) is 19.1 Å². The highest BCUT2D eigenvalue weighted by Gasteiger charge is 2.32.